The minimum atomic E-state index is -5.03. The monoisotopic (exact) mass is 505 g/mol. The number of para-hydroxylation sites is 1. The lowest BCUT2D eigenvalue weighted by atomic mass is 9.96. The molecule has 3 N–H and O–H groups in total. The minimum absolute atomic E-state index is 0.101. The molecule has 6 nitrogen and oxygen atoms in total. The van der Waals surface area contributed by atoms with E-state index in [1.54, 1.807) is 0 Å². The Kier molecular flexibility index (Phi) is 5.26. The van der Waals surface area contributed by atoms with Gasteiger partial charge in [-0.05, 0) is 36.4 Å². The lowest BCUT2D eigenvalue weighted by molar-refractivity contribution is -0.258. The first-order valence-corrected chi connectivity index (χ1v) is 10.7. The predicted molar refractivity (Wildman–Crippen MR) is 120 cm³/mol. The maximum atomic E-state index is 13.9. The zero-order valence-corrected chi connectivity index (χ0v) is 18.4. The van der Waals surface area contributed by atoms with Gasteiger partial charge in [-0.25, -0.2) is 9.18 Å². The summed E-state index contributed by atoms with van der Waals surface area (Å²) in [6.45, 7) is -1.05. The molecule has 0 bridgehead atoms. The summed E-state index contributed by atoms with van der Waals surface area (Å²) in [6, 6.07) is 11.4. The van der Waals surface area contributed by atoms with Gasteiger partial charge < -0.3 is 15.7 Å². The van der Waals surface area contributed by atoms with Crippen LogP contribution in [0.4, 0.5) is 33.7 Å². The van der Waals surface area contributed by atoms with E-state index in [4.69, 9.17) is 11.6 Å². The van der Waals surface area contributed by atoms with Crippen molar-refractivity contribution in [2.75, 3.05) is 16.8 Å². The van der Waals surface area contributed by atoms with Crippen molar-refractivity contribution in [2.45, 2.75) is 17.8 Å². The van der Waals surface area contributed by atoms with Crippen LogP contribution in [-0.4, -0.2) is 29.8 Å². The second-order valence-corrected chi connectivity index (χ2v) is 8.64. The first-order chi connectivity index (χ1) is 16.5. The van der Waals surface area contributed by atoms with Gasteiger partial charge in [0.1, 0.15) is 5.82 Å². The zero-order valence-electron chi connectivity index (χ0n) is 17.7. The number of hydrogen-bond acceptors (Lipinski definition) is 3. The van der Waals surface area contributed by atoms with Crippen LogP contribution in [0.2, 0.25) is 5.02 Å². The third-order valence-electron chi connectivity index (χ3n) is 6.17. The molecule has 0 aliphatic carbocycles. The molecule has 35 heavy (non-hydrogen) atoms. The Hall–Kier alpha value is -3.63. The molecule has 5 rings (SSSR count). The van der Waals surface area contributed by atoms with Crippen molar-refractivity contribution in [1.29, 1.82) is 0 Å². The van der Waals surface area contributed by atoms with Gasteiger partial charge in [0.05, 0.1) is 18.3 Å². The topological polar surface area (TPSA) is 81.7 Å². The number of fused-ring (bicyclic) bond motifs is 2. The maximum Gasteiger partial charge on any atom is 0.423 e. The molecular weight excluding hydrogens is 490 g/mol. The van der Waals surface area contributed by atoms with E-state index in [2.05, 4.69) is 10.6 Å². The van der Waals surface area contributed by atoms with Crippen LogP contribution in [0.5, 0.6) is 0 Å². The number of carbonyl (C=O) groups excluding carboxylic acids is 2. The summed E-state index contributed by atoms with van der Waals surface area (Å²) < 4.78 is 55.1. The lowest BCUT2D eigenvalue weighted by Gasteiger charge is -2.27. The first-order valence-electron chi connectivity index (χ1n) is 10.4. The van der Waals surface area contributed by atoms with Crippen LogP contribution in [0.15, 0.2) is 60.7 Å². The van der Waals surface area contributed by atoms with Crippen LogP contribution in [0.1, 0.15) is 33.1 Å². The van der Waals surface area contributed by atoms with Gasteiger partial charge in [-0.2, -0.15) is 13.2 Å². The van der Waals surface area contributed by atoms with E-state index in [9.17, 15) is 32.3 Å². The van der Waals surface area contributed by atoms with E-state index in [1.165, 1.54) is 42.5 Å². The van der Waals surface area contributed by atoms with Crippen molar-refractivity contribution in [2.24, 2.45) is 0 Å². The molecule has 3 aromatic rings. The Balaban J connectivity index is 1.53. The number of alkyl halides is 3. The highest BCUT2D eigenvalue weighted by molar-refractivity contribution is 6.31. The molecule has 11 heteroatoms. The molecule has 0 aromatic heterocycles. The number of urea groups is 1. The Morgan fingerprint density at radius 3 is 2.63 bits per heavy atom. The van der Waals surface area contributed by atoms with Gasteiger partial charge >= 0.3 is 12.2 Å². The normalized spacial score (nSPS) is 20.9. The third kappa shape index (κ3) is 3.60. The number of halogens is 5. The van der Waals surface area contributed by atoms with Crippen LogP contribution < -0.4 is 15.5 Å². The lowest BCUT2D eigenvalue weighted by Crippen LogP contribution is -2.48. The van der Waals surface area contributed by atoms with Crippen LogP contribution >= 0.6 is 11.6 Å². The van der Waals surface area contributed by atoms with Gasteiger partial charge in [0.15, 0.2) is 0 Å². The van der Waals surface area contributed by atoms with Crippen molar-refractivity contribution in [3.8, 4) is 0 Å². The summed E-state index contributed by atoms with van der Waals surface area (Å²) in [7, 11) is 0. The molecule has 2 aliphatic rings. The SMILES string of the molecule is O=C1N[C@H](c2cc(F)ccc2Cl)c2c(NC(=O)N3C[C@](O)(C(F)(F)F)c4ccccc43)cccc21. The molecule has 2 heterocycles. The molecule has 0 unspecified atom stereocenters. The van der Waals surface area contributed by atoms with Crippen molar-refractivity contribution >= 4 is 34.9 Å². The van der Waals surface area contributed by atoms with Crippen molar-refractivity contribution < 1.29 is 32.3 Å². The van der Waals surface area contributed by atoms with E-state index >= 15 is 0 Å². The summed E-state index contributed by atoms with van der Waals surface area (Å²) in [5.41, 5.74) is -2.93. The van der Waals surface area contributed by atoms with Crippen LogP contribution in [-0.2, 0) is 5.60 Å². The van der Waals surface area contributed by atoms with Crippen LogP contribution in [0.3, 0.4) is 0 Å². The largest absolute Gasteiger partial charge is 0.423 e. The molecule has 0 radical (unpaired) electrons. The van der Waals surface area contributed by atoms with E-state index in [-0.39, 0.29) is 33.1 Å². The fraction of sp³-hybridized carbons (Fsp3) is 0.167. The Bertz CT molecular complexity index is 1380. The molecule has 2 aliphatic heterocycles. The molecule has 2 atom stereocenters. The van der Waals surface area contributed by atoms with E-state index in [0.29, 0.717) is 0 Å². The molecule has 3 amide bonds. The van der Waals surface area contributed by atoms with Crippen molar-refractivity contribution in [1.82, 2.24) is 5.32 Å². The number of carbonyl (C=O) groups is 2. The highest BCUT2D eigenvalue weighted by atomic mass is 35.5. The number of anilines is 2. The smallest absolute Gasteiger partial charge is 0.375 e. The average Bonchev–Trinajstić information content (AvgIpc) is 3.32. The Morgan fingerprint density at radius 2 is 1.89 bits per heavy atom. The van der Waals surface area contributed by atoms with E-state index in [0.717, 1.165) is 23.1 Å². The van der Waals surface area contributed by atoms with Crippen LogP contribution in [0.25, 0.3) is 0 Å². The number of nitrogens with zero attached hydrogens (tertiary/aromatic N) is 1. The van der Waals surface area contributed by atoms with E-state index < -0.39 is 47.7 Å². The van der Waals surface area contributed by atoms with E-state index in [1.807, 2.05) is 0 Å². The third-order valence-corrected chi connectivity index (χ3v) is 6.51. The minimum Gasteiger partial charge on any atom is -0.375 e. The molecule has 0 saturated heterocycles. The summed E-state index contributed by atoms with van der Waals surface area (Å²) >= 11 is 6.23. The quantitative estimate of drug-likeness (QED) is 0.423. The standard InChI is InChI=1S/C24H16ClF4N3O3/c25-16-9-8-12(26)10-14(16)20-19-13(21(33)31-20)4-3-6-17(19)30-22(34)32-11-23(35,24(27,28)29)15-5-1-2-7-18(15)32/h1-10,20,35H,11H2,(H,30,34)(H,31,33)/t20-,23-/m1/s1. The zero-order chi connectivity index (χ0) is 25.1. The number of aliphatic hydroxyl groups is 1. The molecular formula is C24H16ClF4N3O3. The molecule has 3 aromatic carbocycles. The number of nitrogens with one attached hydrogen (secondary N) is 2. The van der Waals surface area contributed by atoms with Crippen molar-refractivity contribution in [3.05, 3.63) is 93.8 Å². The van der Waals surface area contributed by atoms with Gasteiger partial charge in [0, 0.05) is 33.0 Å². The highest BCUT2D eigenvalue weighted by Crippen LogP contribution is 2.48. The Labute approximate surface area is 201 Å². The van der Waals surface area contributed by atoms with Gasteiger partial charge in [0.2, 0.25) is 5.60 Å². The number of β-amino-alcohol motifs (C(OH)–C–C–N with tert-alkyl or cyclic N) is 1. The van der Waals surface area contributed by atoms with Gasteiger partial charge in [0.25, 0.3) is 5.91 Å². The average molecular weight is 506 g/mol. The summed E-state index contributed by atoms with van der Waals surface area (Å²) in [4.78, 5) is 26.5. The van der Waals surface area contributed by atoms with Crippen molar-refractivity contribution in [3.63, 3.8) is 0 Å². The summed E-state index contributed by atoms with van der Waals surface area (Å²) in [6.07, 6.45) is -5.03. The van der Waals surface area contributed by atoms with Gasteiger partial charge in [-0.15, -0.1) is 0 Å². The fourth-order valence-corrected chi connectivity index (χ4v) is 4.72. The molecule has 0 spiro atoms. The summed E-state index contributed by atoms with van der Waals surface area (Å²) in [5.74, 6) is -1.08. The highest BCUT2D eigenvalue weighted by Gasteiger charge is 2.61. The van der Waals surface area contributed by atoms with Gasteiger partial charge in [-0.1, -0.05) is 35.9 Å². The second kappa shape index (κ2) is 7.96. The van der Waals surface area contributed by atoms with Gasteiger partial charge in [-0.3, -0.25) is 9.69 Å². The molecule has 180 valence electrons. The maximum absolute atomic E-state index is 13.9. The Morgan fingerprint density at radius 1 is 1.14 bits per heavy atom. The predicted octanol–water partition coefficient (Wildman–Crippen LogP) is 5.11. The molecule has 0 saturated carbocycles. The fourth-order valence-electron chi connectivity index (χ4n) is 4.50. The molecule has 0 fully saturated rings. The number of rotatable bonds is 2. The number of hydrogen-bond donors (Lipinski definition) is 3. The first kappa shape index (κ1) is 23.1. The second-order valence-electron chi connectivity index (χ2n) is 8.23. The number of amides is 3. The summed E-state index contributed by atoms with van der Waals surface area (Å²) in [5, 5.41) is 15.9. The number of benzene rings is 3. The van der Waals surface area contributed by atoms with Crippen LogP contribution in [0, 0.1) is 5.82 Å².